The SMILES string of the molecule is CC/C=C\C/C=C\C/C=C\C/C=C\C/C=C\C/C=C\C/C=C\CCCC(=O)OC(COC(=O)CCCCCCCCCC)COC(=O)CCCCCCCCCCCC/C=C\C/C=C\C/C=C\CCCCCCC. The van der Waals surface area contributed by atoms with Gasteiger partial charge in [0.2, 0.25) is 0 Å². The molecule has 0 aromatic carbocycles. The highest BCUT2D eigenvalue weighted by molar-refractivity contribution is 5.71. The highest BCUT2D eigenvalue weighted by Crippen LogP contribution is 2.15. The maximum absolute atomic E-state index is 12.8. The minimum absolute atomic E-state index is 0.104. The van der Waals surface area contributed by atoms with Gasteiger partial charge in [-0.2, -0.15) is 0 Å². The van der Waals surface area contributed by atoms with Gasteiger partial charge in [-0.1, -0.05) is 264 Å². The van der Waals surface area contributed by atoms with E-state index in [1.807, 2.05) is 0 Å². The molecule has 420 valence electrons. The Hall–Kier alpha value is -4.19. The number of hydrogen-bond acceptors (Lipinski definition) is 6. The Morgan fingerprint density at radius 3 is 0.865 bits per heavy atom. The van der Waals surface area contributed by atoms with Crippen molar-refractivity contribution in [3.05, 3.63) is 122 Å². The van der Waals surface area contributed by atoms with E-state index in [1.165, 1.54) is 122 Å². The summed E-state index contributed by atoms with van der Waals surface area (Å²) in [6, 6.07) is 0. The summed E-state index contributed by atoms with van der Waals surface area (Å²) in [7, 11) is 0. The third kappa shape index (κ3) is 58.7. The van der Waals surface area contributed by atoms with Crippen LogP contribution < -0.4 is 0 Å². The van der Waals surface area contributed by atoms with Gasteiger partial charge in [0.05, 0.1) is 0 Å². The average Bonchev–Trinajstić information content (AvgIpc) is 3.40. The number of ether oxygens (including phenoxy) is 3. The first-order valence-corrected chi connectivity index (χ1v) is 30.5. The predicted octanol–water partition coefficient (Wildman–Crippen LogP) is 20.8. The summed E-state index contributed by atoms with van der Waals surface area (Å²) in [6.45, 7) is 6.44. The summed E-state index contributed by atoms with van der Waals surface area (Å²) in [5.74, 6) is -0.972. The Kier molecular flexibility index (Phi) is 57.9. The summed E-state index contributed by atoms with van der Waals surface area (Å²) >= 11 is 0. The second kappa shape index (κ2) is 61.4. The number of carbonyl (C=O) groups is 3. The topological polar surface area (TPSA) is 78.9 Å². The highest BCUT2D eigenvalue weighted by Gasteiger charge is 2.19. The second-order valence-electron chi connectivity index (χ2n) is 19.9. The summed E-state index contributed by atoms with van der Waals surface area (Å²) in [4.78, 5) is 38.1. The summed E-state index contributed by atoms with van der Waals surface area (Å²) in [5, 5.41) is 0. The van der Waals surface area contributed by atoms with E-state index in [0.29, 0.717) is 19.3 Å². The normalized spacial score (nSPS) is 13.0. The molecular weight excluding hydrogens is 913 g/mol. The molecule has 6 nitrogen and oxygen atoms in total. The molecule has 74 heavy (non-hydrogen) atoms. The molecule has 0 spiro atoms. The minimum Gasteiger partial charge on any atom is -0.462 e. The molecule has 0 bridgehead atoms. The Bertz CT molecular complexity index is 1550. The van der Waals surface area contributed by atoms with E-state index in [-0.39, 0.29) is 37.5 Å². The van der Waals surface area contributed by atoms with Crippen molar-refractivity contribution in [3.63, 3.8) is 0 Å². The van der Waals surface area contributed by atoms with Gasteiger partial charge in [-0.05, 0) is 109 Å². The van der Waals surface area contributed by atoms with Crippen molar-refractivity contribution in [2.24, 2.45) is 0 Å². The molecule has 0 amide bonds. The van der Waals surface area contributed by atoms with Crippen LogP contribution in [0.3, 0.4) is 0 Å². The summed E-state index contributed by atoms with van der Waals surface area (Å²) < 4.78 is 16.8. The van der Waals surface area contributed by atoms with Crippen molar-refractivity contribution >= 4 is 17.9 Å². The minimum atomic E-state index is -0.811. The molecule has 0 heterocycles. The van der Waals surface area contributed by atoms with Gasteiger partial charge in [0, 0.05) is 19.3 Å². The van der Waals surface area contributed by atoms with Crippen molar-refractivity contribution < 1.29 is 28.6 Å². The Morgan fingerprint density at radius 2 is 0.541 bits per heavy atom. The van der Waals surface area contributed by atoms with Crippen LogP contribution >= 0.6 is 0 Å². The smallest absolute Gasteiger partial charge is 0.306 e. The maximum atomic E-state index is 12.8. The van der Waals surface area contributed by atoms with Crippen molar-refractivity contribution in [3.8, 4) is 0 Å². The highest BCUT2D eigenvalue weighted by atomic mass is 16.6. The standard InChI is InChI=1S/C68H112O6/c1-4-7-10-13-16-19-21-23-25-27-29-31-33-34-36-37-39-41-43-45-47-49-52-55-58-61-67(70)73-64-65(63-72-66(69)60-57-54-51-18-15-12-9-6-3)74-68(71)62-59-56-53-50-48-46-44-42-40-38-35-32-30-28-26-24-22-20-17-14-11-8-5-2/h8,11,17,20-21,23-24,26-27,29-30,32-34,38,40,44,46,50,53,65H,4-7,9-10,12-16,18-19,22,25,28,31,35-37,39,41-43,45,47-49,51-52,54-64H2,1-3H3/b11-8-,20-17-,23-21-,26-24-,29-27-,32-30-,34-33-,40-38-,46-44-,53-50-. The van der Waals surface area contributed by atoms with E-state index < -0.39 is 6.10 Å². The second-order valence-corrected chi connectivity index (χ2v) is 19.9. The van der Waals surface area contributed by atoms with Crippen LogP contribution in [-0.4, -0.2) is 37.2 Å². The lowest BCUT2D eigenvalue weighted by Crippen LogP contribution is -2.30. The quantitative estimate of drug-likeness (QED) is 0.0261. The number of allylic oxidation sites excluding steroid dienone is 20. The number of rotatable bonds is 54. The molecule has 0 aliphatic carbocycles. The van der Waals surface area contributed by atoms with Gasteiger partial charge in [0.1, 0.15) is 13.2 Å². The lowest BCUT2D eigenvalue weighted by atomic mass is 10.1. The molecule has 0 N–H and O–H groups in total. The fourth-order valence-electron chi connectivity index (χ4n) is 8.14. The molecule has 0 saturated heterocycles. The lowest BCUT2D eigenvalue weighted by molar-refractivity contribution is -0.167. The van der Waals surface area contributed by atoms with Gasteiger partial charge in [-0.3, -0.25) is 14.4 Å². The first kappa shape index (κ1) is 69.8. The molecule has 1 unspecified atom stereocenters. The zero-order valence-electron chi connectivity index (χ0n) is 48.1. The van der Waals surface area contributed by atoms with Crippen molar-refractivity contribution in [1.82, 2.24) is 0 Å². The van der Waals surface area contributed by atoms with Gasteiger partial charge < -0.3 is 14.2 Å². The predicted molar refractivity (Wildman–Crippen MR) is 320 cm³/mol. The van der Waals surface area contributed by atoms with Crippen molar-refractivity contribution in [2.45, 2.75) is 277 Å². The monoisotopic (exact) mass is 1020 g/mol. The lowest BCUT2D eigenvalue weighted by Gasteiger charge is -2.18. The van der Waals surface area contributed by atoms with Gasteiger partial charge in [0.15, 0.2) is 6.10 Å². The molecule has 0 aliphatic heterocycles. The van der Waals surface area contributed by atoms with Crippen LogP contribution in [0.4, 0.5) is 0 Å². The maximum Gasteiger partial charge on any atom is 0.306 e. The first-order valence-electron chi connectivity index (χ1n) is 30.5. The molecule has 0 rings (SSSR count). The molecule has 0 aliphatic rings. The zero-order valence-corrected chi connectivity index (χ0v) is 48.1. The Balaban J connectivity index is 4.33. The molecule has 0 aromatic heterocycles. The van der Waals surface area contributed by atoms with Crippen LogP contribution in [0.25, 0.3) is 0 Å². The fraction of sp³-hybridized carbons (Fsp3) is 0.662. The van der Waals surface area contributed by atoms with E-state index in [4.69, 9.17) is 14.2 Å². The Morgan fingerprint density at radius 1 is 0.284 bits per heavy atom. The zero-order chi connectivity index (χ0) is 53.6. The van der Waals surface area contributed by atoms with E-state index in [9.17, 15) is 14.4 Å². The van der Waals surface area contributed by atoms with Crippen LogP contribution in [0.15, 0.2) is 122 Å². The molecule has 1 atom stereocenters. The third-order valence-electron chi connectivity index (χ3n) is 12.7. The first-order chi connectivity index (χ1) is 36.5. The van der Waals surface area contributed by atoms with Gasteiger partial charge in [-0.25, -0.2) is 0 Å². The average molecular weight is 1030 g/mol. The molecule has 6 heteroatoms. The van der Waals surface area contributed by atoms with Gasteiger partial charge >= 0.3 is 17.9 Å². The number of esters is 3. The van der Waals surface area contributed by atoms with Crippen LogP contribution in [-0.2, 0) is 28.6 Å². The molecule has 0 radical (unpaired) electrons. The molecule has 0 saturated carbocycles. The van der Waals surface area contributed by atoms with Crippen molar-refractivity contribution in [1.29, 1.82) is 0 Å². The van der Waals surface area contributed by atoms with Crippen LogP contribution in [0.5, 0.6) is 0 Å². The molecular formula is C68H112O6. The van der Waals surface area contributed by atoms with Crippen molar-refractivity contribution in [2.75, 3.05) is 13.2 Å². The van der Waals surface area contributed by atoms with Crippen LogP contribution in [0, 0.1) is 0 Å². The Labute approximate surface area is 456 Å². The van der Waals surface area contributed by atoms with E-state index in [1.54, 1.807) is 0 Å². The van der Waals surface area contributed by atoms with E-state index in [0.717, 1.165) is 103 Å². The molecule has 0 aromatic rings. The van der Waals surface area contributed by atoms with E-state index >= 15 is 0 Å². The van der Waals surface area contributed by atoms with Gasteiger partial charge in [0.25, 0.3) is 0 Å². The summed E-state index contributed by atoms with van der Waals surface area (Å²) in [5.41, 5.74) is 0. The van der Waals surface area contributed by atoms with E-state index in [2.05, 4.69) is 142 Å². The van der Waals surface area contributed by atoms with Gasteiger partial charge in [-0.15, -0.1) is 0 Å². The number of hydrogen-bond donors (Lipinski definition) is 0. The third-order valence-corrected chi connectivity index (χ3v) is 12.7. The largest absolute Gasteiger partial charge is 0.462 e. The van der Waals surface area contributed by atoms with Crippen LogP contribution in [0.2, 0.25) is 0 Å². The fourth-order valence-corrected chi connectivity index (χ4v) is 8.14. The summed E-state index contributed by atoms with van der Waals surface area (Å²) in [6.07, 6.45) is 85.0. The molecule has 0 fully saturated rings. The number of unbranched alkanes of at least 4 members (excludes halogenated alkanes) is 23. The van der Waals surface area contributed by atoms with Crippen LogP contribution in [0.1, 0.15) is 271 Å². The number of carbonyl (C=O) groups excluding carboxylic acids is 3.